The monoisotopic (exact) mass is 462 g/mol. The summed E-state index contributed by atoms with van der Waals surface area (Å²) in [6, 6.07) is 10.4. The molecule has 1 aliphatic rings. The van der Waals surface area contributed by atoms with Crippen molar-refractivity contribution < 1.29 is 28.2 Å². The highest BCUT2D eigenvalue weighted by Gasteiger charge is 2.25. The molecule has 3 rings (SSSR count). The third-order valence-corrected chi connectivity index (χ3v) is 5.52. The first-order valence-corrected chi connectivity index (χ1v) is 10.7. The maximum atomic E-state index is 13.9. The predicted molar refractivity (Wildman–Crippen MR) is 116 cm³/mol. The fraction of sp³-hybridized carbons (Fsp3) is 0.348. The van der Waals surface area contributed by atoms with Gasteiger partial charge < -0.3 is 19.7 Å². The first kappa shape index (κ1) is 23.5. The van der Waals surface area contributed by atoms with E-state index >= 15 is 0 Å². The van der Waals surface area contributed by atoms with Gasteiger partial charge in [0, 0.05) is 25.2 Å². The highest BCUT2D eigenvalue weighted by Crippen LogP contribution is 2.22. The van der Waals surface area contributed by atoms with E-state index in [1.54, 1.807) is 36.1 Å². The summed E-state index contributed by atoms with van der Waals surface area (Å²) in [6.45, 7) is 3.36. The molecule has 1 N–H and O–H groups in total. The van der Waals surface area contributed by atoms with Crippen LogP contribution in [0.4, 0.5) is 9.18 Å². The number of carbonyl (C=O) groups is 3. The Bertz CT molecular complexity index is 955. The zero-order chi connectivity index (χ0) is 23.1. The van der Waals surface area contributed by atoms with Crippen molar-refractivity contribution in [3.05, 3.63) is 64.4 Å². The van der Waals surface area contributed by atoms with Crippen LogP contribution in [0.3, 0.4) is 0 Å². The Balaban J connectivity index is 1.47. The number of hydrogen-bond donors (Lipinski definition) is 1. The van der Waals surface area contributed by atoms with Crippen LogP contribution in [-0.4, -0.2) is 49.1 Å². The van der Waals surface area contributed by atoms with Gasteiger partial charge in [-0.25, -0.2) is 9.18 Å². The fourth-order valence-electron chi connectivity index (χ4n) is 3.47. The third kappa shape index (κ3) is 5.97. The largest absolute Gasteiger partial charge is 0.513 e. The van der Waals surface area contributed by atoms with Gasteiger partial charge in [0.15, 0.2) is 0 Å². The van der Waals surface area contributed by atoms with E-state index in [0.29, 0.717) is 43.8 Å². The van der Waals surface area contributed by atoms with Gasteiger partial charge in [-0.3, -0.25) is 9.59 Å². The Morgan fingerprint density at radius 2 is 1.81 bits per heavy atom. The van der Waals surface area contributed by atoms with Crippen LogP contribution >= 0.6 is 11.6 Å². The molecule has 0 unspecified atom stereocenters. The van der Waals surface area contributed by atoms with Crippen molar-refractivity contribution in [3.63, 3.8) is 0 Å². The smallest absolute Gasteiger partial charge is 0.434 e. The molecule has 32 heavy (non-hydrogen) atoms. The van der Waals surface area contributed by atoms with Gasteiger partial charge in [0.25, 0.3) is 11.8 Å². The lowest BCUT2D eigenvalue weighted by atomic mass is 9.96. The van der Waals surface area contributed by atoms with Crippen molar-refractivity contribution in [3.8, 4) is 5.75 Å². The number of carbonyl (C=O) groups excluding carboxylic acids is 3. The van der Waals surface area contributed by atoms with E-state index in [1.807, 2.05) is 0 Å². The van der Waals surface area contributed by atoms with Crippen molar-refractivity contribution in [1.82, 2.24) is 10.2 Å². The second-order valence-corrected chi connectivity index (χ2v) is 7.76. The molecule has 0 bridgehead atoms. The SMILES string of the molecule is CCOC(=O)Oc1ccc(C(=O)N2CCC(CNC(=O)c3c(F)cccc3Cl)CC2)cc1. The minimum atomic E-state index is -0.794. The van der Waals surface area contributed by atoms with E-state index in [2.05, 4.69) is 5.32 Å². The molecule has 170 valence electrons. The van der Waals surface area contributed by atoms with Crippen LogP contribution in [0.15, 0.2) is 42.5 Å². The molecule has 1 saturated heterocycles. The van der Waals surface area contributed by atoms with Crippen LogP contribution in [0.2, 0.25) is 5.02 Å². The number of rotatable bonds is 6. The van der Waals surface area contributed by atoms with Crippen molar-refractivity contribution >= 4 is 29.6 Å². The molecule has 0 spiro atoms. The topological polar surface area (TPSA) is 84.9 Å². The van der Waals surface area contributed by atoms with Gasteiger partial charge in [-0.2, -0.15) is 0 Å². The van der Waals surface area contributed by atoms with E-state index in [9.17, 15) is 18.8 Å². The van der Waals surface area contributed by atoms with Crippen molar-refractivity contribution in [2.24, 2.45) is 5.92 Å². The summed E-state index contributed by atoms with van der Waals surface area (Å²) < 4.78 is 23.6. The maximum absolute atomic E-state index is 13.9. The van der Waals surface area contributed by atoms with Gasteiger partial charge in [-0.1, -0.05) is 17.7 Å². The van der Waals surface area contributed by atoms with Gasteiger partial charge in [0.1, 0.15) is 11.6 Å². The number of hydrogen-bond acceptors (Lipinski definition) is 5. The number of piperidine rings is 1. The normalized spacial score (nSPS) is 14.0. The van der Waals surface area contributed by atoms with Crippen LogP contribution in [-0.2, 0) is 4.74 Å². The molecular weight excluding hydrogens is 439 g/mol. The predicted octanol–water partition coefficient (Wildman–Crippen LogP) is 4.30. The van der Waals surface area contributed by atoms with E-state index in [4.69, 9.17) is 21.1 Å². The molecule has 0 saturated carbocycles. The number of nitrogens with zero attached hydrogens (tertiary/aromatic N) is 1. The summed E-state index contributed by atoms with van der Waals surface area (Å²) in [4.78, 5) is 38.1. The lowest BCUT2D eigenvalue weighted by Gasteiger charge is -2.32. The van der Waals surface area contributed by atoms with E-state index in [-0.39, 0.29) is 29.0 Å². The van der Waals surface area contributed by atoms with E-state index in [0.717, 1.165) is 0 Å². The van der Waals surface area contributed by atoms with Crippen LogP contribution in [0.5, 0.6) is 5.75 Å². The van der Waals surface area contributed by atoms with Gasteiger partial charge in [-0.15, -0.1) is 0 Å². The van der Waals surface area contributed by atoms with Gasteiger partial charge >= 0.3 is 6.16 Å². The molecule has 2 amide bonds. The zero-order valence-electron chi connectivity index (χ0n) is 17.6. The number of ether oxygens (including phenoxy) is 2. The van der Waals surface area contributed by atoms with Crippen molar-refractivity contribution in [2.75, 3.05) is 26.2 Å². The standard InChI is InChI=1S/C23H24ClFN2O5/c1-2-31-23(30)32-17-8-6-16(7-9-17)22(29)27-12-10-15(11-13-27)14-26-21(28)20-18(24)4-3-5-19(20)25/h3-9,15H,2,10-14H2,1H3,(H,26,28). The summed E-state index contributed by atoms with van der Waals surface area (Å²) in [6.07, 6.45) is 0.625. The molecule has 0 atom stereocenters. The average Bonchev–Trinajstić information content (AvgIpc) is 2.78. The Morgan fingerprint density at radius 1 is 1.12 bits per heavy atom. The molecule has 2 aromatic carbocycles. The van der Waals surface area contributed by atoms with Crippen molar-refractivity contribution in [2.45, 2.75) is 19.8 Å². The lowest BCUT2D eigenvalue weighted by molar-refractivity contribution is 0.0684. The van der Waals surface area contributed by atoms with Crippen LogP contribution < -0.4 is 10.1 Å². The second-order valence-electron chi connectivity index (χ2n) is 7.35. The summed E-state index contributed by atoms with van der Waals surface area (Å²) in [5.41, 5.74) is 0.333. The molecule has 9 heteroatoms. The summed E-state index contributed by atoms with van der Waals surface area (Å²) in [5, 5.41) is 2.81. The molecule has 1 heterocycles. The minimum absolute atomic E-state index is 0.0709. The lowest BCUT2D eigenvalue weighted by Crippen LogP contribution is -2.41. The highest BCUT2D eigenvalue weighted by molar-refractivity contribution is 6.33. The molecule has 0 aliphatic carbocycles. The molecule has 2 aromatic rings. The third-order valence-electron chi connectivity index (χ3n) is 5.21. The van der Waals surface area contributed by atoms with Crippen LogP contribution in [0.25, 0.3) is 0 Å². The summed E-state index contributed by atoms with van der Waals surface area (Å²) in [7, 11) is 0. The Kier molecular flexibility index (Phi) is 8.05. The molecular formula is C23H24ClFN2O5. The number of nitrogens with one attached hydrogen (secondary N) is 1. The van der Waals surface area contributed by atoms with Gasteiger partial charge in [0.05, 0.1) is 17.2 Å². The fourth-order valence-corrected chi connectivity index (χ4v) is 3.72. The number of likely N-dealkylation sites (tertiary alicyclic amines) is 1. The molecule has 0 radical (unpaired) electrons. The van der Waals surface area contributed by atoms with Gasteiger partial charge in [0.2, 0.25) is 0 Å². The maximum Gasteiger partial charge on any atom is 0.513 e. The second kappa shape index (κ2) is 10.9. The first-order chi connectivity index (χ1) is 15.4. The van der Waals surface area contributed by atoms with Crippen LogP contribution in [0.1, 0.15) is 40.5 Å². The minimum Gasteiger partial charge on any atom is -0.434 e. The average molecular weight is 463 g/mol. The highest BCUT2D eigenvalue weighted by atomic mass is 35.5. The molecule has 0 aromatic heterocycles. The molecule has 1 aliphatic heterocycles. The van der Waals surface area contributed by atoms with Gasteiger partial charge in [-0.05, 0) is 62.1 Å². The first-order valence-electron chi connectivity index (χ1n) is 10.3. The van der Waals surface area contributed by atoms with Crippen molar-refractivity contribution in [1.29, 1.82) is 0 Å². The molecule has 7 nitrogen and oxygen atoms in total. The van der Waals surface area contributed by atoms with E-state index < -0.39 is 17.9 Å². The Morgan fingerprint density at radius 3 is 2.44 bits per heavy atom. The molecule has 1 fully saturated rings. The Hall–Kier alpha value is -3.13. The Labute approximate surface area is 190 Å². The number of halogens is 2. The number of amides is 2. The summed E-state index contributed by atoms with van der Waals surface area (Å²) >= 11 is 5.93. The quantitative estimate of drug-likeness (QED) is 0.511. The number of benzene rings is 2. The zero-order valence-corrected chi connectivity index (χ0v) is 18.4. The van der Waals surface area contributed by atoms with E-state index in [1.165, 1.54) is 18.2 Å². The summed E-state index contributed by atoms with van der Waals surface area (Å²) in [5.74, 6) is -0.850. The van der Waals surface area contributed by atoms with Crippen LogP contribution in [0, 0.1) is 11.7 Å².